The number of aliphatic hydroxyl groups is 23. The summed E-state index contributed by atoms with van der Waals surface area (Å²) in [5.41, 5.74) is -7.28. The number of ether oxygens (including phenoxy) is 17. The molecule has 24 N–H and O–H groups in total. The van der Waals surface area contributed by atoms with Crippen molar-refractivity contribution in [2.75, 3.05) is 46.2 Å². The van der Waals surface area contributed by atoms with E-state index in [4.69, 9.17) is 80.5 Å². The minimum Gasteiger partial charge on any atom is -0.458 e. The topological polar surface area (TPSA) is 685 Å². The van der Waals surface area contributed by atoms with Crippen LogP contribution in [0.4, 0.5) is 0 Å². The molecule has 13 rings (SSSR count). The molecule has 0 aromatic rings. The number of nitrogens with one attached hydrogen (secondary N) is 1. The fourth-order valence-corrected chi connectivity index (χ4v) is 23.2. The number of aliphatic hydroxyl groups excluding tert-OH is 23. The Bertz CT molecular complexity index is 3940. The molecule has 44 heteroatoms. The highest BCUT2D eigenvalue weighted by atomic mass is 16.8. The molecule has 48 unspecified atom stereocenters. The summed E-state index contributed by atoms with van der Waals surface area (Å²) in [6.07, 6.45) is -60.5. The largest absolute Gasteiger partial charge is 0.458 e. The second-order valence-electron chi connectivity index (χ2n) is 40.3. The number of amides is 1. The first-order valence-electron chi connectivity index (χ1n) is 45.3. The molecule has 12 fully saturated rings. The molecule has 13 aliphatic rings. The average Bonchev–Trinajstić information content (AvgIpc) is 0.822. The number of fused-ring (bicyclic) bond motifs is 7. The van der Waals surface area contributed by atoms with Crippen LogP contribution >= 0.6 is 0 Å². The van der Waals surface area contributed by atoms with Gasteiger partial charge in [0, 0.05) is 18.8 Å². The molecule has 8 heterocycles. The second-order valence-corrected chi connectivity index (χ2v) is 40.3. The Morgan fingerprint density at radius 3 is 1.66 bits per heavy atom. The predicted octanol–water partition coefficient (Wildman–Crippen LogP) is -7.49. The third-order valence-electron chi connectivity index (χ3n) is 31.5. The zero-order valence-electron chi connectivity index (χ0n) is 75.2. The van der Waals surface area contributed by atoms with Gasteiger partial charge in [-0.2, -0.15) is 0 Å². The maximum atomic E-state index is 16.7. The van der Waals surface area contributed by atoms with Crippen molar-refractivity contribution in [3.05, 3.63) is 36.0 Å². The van der Waals surface area contributed by atoms with Gasteiger partial charge in [0.25, 0.3) is 0 Å². The molecule has 131 heavy (non-hydrogen) atoms. The minimum atomic E-state index is -2.28. The summed E-state index contributed by atoms with van der Waals surface area (Å²) >= 11 is 0. The van der Waals surface area contributed by atoms with Crippen molar-refractivity contribution >= 4 is 17.8 Å². The Hall–Kier alpha value is -3.89. The van der Waals surface area contributed by atoms with Gasteiger partial charge >= 0.3 is 11.9 Å². The van der Waals surface area contributed by atoms with E-state index in [1.165, 1.54) is 32.9 Å². The van der Waals surface area contributed by atoms with E-state index in [0.29, 0.717) is 32.1 Å². The Balaban J connectivity index is 0.798. The van der Waals surface area contributed by atoms with Crippen molar-refractivity contribution < 1.29 is 212 Å². The monoisotopic (exact) mass is 1890 g/mol. The van der Waals surface area contributed by atoms with Crippen molar-refractivity contribution in [1.82, 2.24) is 5.32 Å². The van der Waals surface area contributed by atoms with Gasteiger partial charge in [0.05, 0.1) is 81.8 Å². The average molecular weight is 1890 g/mol. The molecule has 48 atom stereocenters. The van der Waals surface area contributed by atoms with Gasteiger partial charge in [-0.25, -0.2) is 4.79 Å². The van der Waals surface area contributed by atoms with Crippen LogP contribution < -0.4 is 5.32 Å². The molecule has 0 aromatic heterocycles. The Labute approximate surface area is 756 Å². The van der Waals surface area contributed by atoms with E-state index in [1.54, 1.807) is 20.8 Å². The van der Waals surface area contributed by atoms with E-state index < -0.39 is 360 Å². The summed E-state index contributed by atoms with van der Waals surface area (Å²) in [4.78, 5) is 44.7. The van der Waals surface area contributed by atoms with Crippen LogP contribution in [0.2, 0.25) is 0 Å². The van der Waals surface area contributed by atoms with Crippen LogP contribution in [0.1, 0.15) is 140 Å². The Morgan fingerprint density at radius 2 is 1.04 bits per heavy atom. The van der Waals surface area contributed by atoms with E-state index in [-0.39, 0.29) is 43.1 Å². The van der Waals surface area contributed by atoms with E-state index in [1.807, 2.05) is 0 Å². The predicted molar refractivity (Wildman–Crippen MR) is 436 cm³/mol. The minimum absolute atomic E-state index is 0.0180. The van der Waals surface area contributed by atoms with Crippen LogP contribution in [0.25, 0.3) is 0 Å². The van der Waals surface area contributed by atoms with Crippen LogP contribution in [0.15, 0.2) is 36.0 Å². The number of carbonyl (C=O) groups is 3. The first-order valence-corrected chi connectivity index (χ1v) is 45.3. The third-order valence-corrected chi connectivity index (χ3v) is 31.5. The van der Waals surface area contributed by atoms with Gasteiger partial charge < -0.3 is 203 Å². The lowest BCUT2D eigenvalue weighted by molar-refractivity contribution is -0.390. The van der Waals surface area contributed by atoms with Gasteiger partial charge in [-0.05, 0) is 118 Å². The normalized spacial score (nSPS) is 50.4. The van der Waals surface area contributed by atoms with Crippen LogP contribution in [0.5, 0.6) is 0 Å². The van der Waals surface area contributed by atoms with E-state index in [9.17, 15) is 127 Å². The van der Waals surface area contributed by atoms with E-state index in [0.717, 1.165) is 5.57 Å². The van der Waals surface area contributed by atoms with Gasteiger partial charge in [0.15, 0.2) is 50.1 Å². The maximum Gasteiger partial charge on any atom is 0.336 e. The molecule has 4 saturated carbocycles. The summed E-state index contributed by atoms with van der Waals surface area (Å²) < 4.78 is 104. The lowest BCUT2D eigenvalue weighted by Gasteiger charge is -2.72. The standard InChI is InChI=1S/C87H139NO43/c1-13-83(9,131-77-65(111)59(105)51(97)33(2)118-77)20-14-15-36(26-89)71(113)124-49-25-87(80(114)130-79-70(61(107)55(101)42(28-91)122-79)129-76-66(112)68(127-75-64(110)60(106)54(100)41(27-90)120-75)67(34(3)119-76)126-74-63(109)56(102)43(29-92)121-74)38(23-81(49,5)6)37-16-17-46-84(10)21-19-48(82(7,8)45(84)18-22-85(46,11)86(37,12)24-47(87)96)125-72-50(88-35(4)93)58(104)57(103)44(123-72)32-117-78-69(53(99)40(95)31-116-78)128-73-62(108)52(98)39(94)30-115-73/h13,15-16,33-34,38-70,72-79,89-92,94-112H,1,14,17-32H2,2-12H3,(H,88,93). The maximum absolute atomic E-state index is 16.7. The molecule has 1 amide bonds. The van der Waals surface area contributed by atoms with Crippen molar-refractivity contribution in [3.63, 3.8) is 0 Å². The molecule has 0 radical (unpaired) electrons. The summed E-state index contributed by atoms with van der Waals surface area (Å²) in [6, 6.07) is -1.36. The van der Waals surface area contributed by atoms with Gasteiger partial charge in [-0.3, -0.25) is 9.59 Å². The molecule has 8 aliphatic heterocycles. The lowest BCUT2D eigenvalue weighted by Crippen LogP contribution is -2.70. The number of hydrogen-bond acceptors (Lipinski definition) is 43. The van der Waals surface area contributed by atoms with Crippen LogP contribution in [-0.4, -0.2) is 433 Å². The molecular formula is C87H139NO43. The smallest absolute Gasteiger partial charge is 0.336 e. The van der Waals surface area contributed by atoms with Crippen molar-refractivity contribution in [2.24, 2.45) is 50.2 Å². The van der Waals surface area contributed by atoms with Crippen molar-refractivity contribution in [3.8, 4) is 0 Å². The second kappa shape index (κ2) is 40.7. The van der Waals surface area contributed by atoms with E-state index >= 15 is 4.79 Å². The Morgan fingerprint density at radius 1 is 0.511 bits per heavy atom. The zero-order valence-corrected chi connectivity index (χ0v) is 75.2. The molecular weight excluding hydrogens is 1750 g/mol. The summed E-state index contributed by atoms with van der Waals surface area (Å²) in [6.45, 7) is 18.5. The molecule has 0 bridgehead atoms. The van der Waals surface area contributed by atoms with Crippen LogP contribution in [-0.2, 0) is 94.9 Å². The zero-order chi connectivity index (χ0) is 96.1. The fraction of sp³-hybridized carbons (Fsp3) is 0.897. The number of hydrogen-bond donors (Lipinski definition) is 24. The Kier molecular flexibility index (Phi) is 32.5. The molecule has 0 spiro atoms. The molecule has 8 saturated heterocycles. The van der Waals surface area contributed by atoms with Gasteiger partial charge in [-0.15, -0.1) is 6.58 Å². The summed E-state index contributed by atoms with van der Waals surface area (Å²) in [7, 11) is 0. The molecule has 750 valence electrons. The first kappa shape index (κ1) is 104. The van der Waals surface area contributed by atoms with Crippen LogP contribution in [0.3, 0.4) is 0 Å². The summed E-state index contributed by atoms with van der Waals surface area (Å²) in [5.74, 6) is -4.29. The number of allylic oxidation sites excluding steroid dienone is 3. The number of rotatable bonds is 28. The van der Waals surface area contributed by atoms with Gasteiger partial charge in [0.2, 0.25) is 12.2 Å². The van der Waals surface area contributed by atoms with Crippen LogP contribution in [0, 0.1) is 50.2 Å². The lowest BCUT2D eigenvalue weighted by atomic mass is 9.33. The van der Waals surface area contributed by atoms with Crippen molar-refractivity contribution in [1.29, 1.82) is 0 Å². The summed E-state index contributed by atoms with van der Waals surface area (Å²) in [5, 5.41) is 258. The van der Waals surface area contributed by atoms with Gasteiger partial charge in [-0.1, -0.05) is 72.3 Å². The fourth-order valence-electron chi connectivity index (χ4n) is 23.2. The SMILES string of the molecule is C=CC(C)(CCC=C(CO)C(=O)OC1CC2(C(=O)OC3OC(CO)C(O)C(O)C3OC3OC(C)C(OC4OC(CO)C(O)C4O)C(OC4OC(CO)C(O)C(O)C4O)C3O)C(O)CC3(C)C(=CCC4C5(C)CCC(OC6OC(COC7OCC(O)C(O)C7OC7OCC(O)C(O)C7O)C(O)C(O)C6NC(C)=O)C(C)(C)C5CCC43C)C2CC1(C)C)OC1OC(C)C(O)C(O)C1O. The highest BCUT2D eigenvalue weighted by molar-refractivity contribution is 5.89. The number of carbonyl (C=O) groups excluding carboxylic acids is 3. The third kappa shape index (κ3) is 19.6. The quantitative estimate of drug-likeness (QED) is 0.0150. The first-order chi connectivity index (χ1) is 61.5. The van der Waals surface area contributed by atoms with Crippen molar-refractivity contribution in [2.45, 2.75) is 392 Å². The molecule has 0 aromatic carbocycles. The molecule has 5 aliphatic carbocycles. The van der Waals surface area contributed by atoms with Gasteiger partial charge in [0.1, 0.15) is 170 Å². The molecule has 44 nitrogen and oxygen atoms in total. The highest BCUT2D eigenvalue weighted by Crippen LogP contribution is 2.76. The van der Waals surface area contributed by atoms with E-state index in [2.05, 4.69) is 52.6 Å². The number of esters is 2. The highest BCUT2D eigenvalue weighted by Gasteiger charge is 2.74.